The predicted octanol–water partition coefficient (Wildman–Crippen LogP) is 4.02. The van der Waals surface area contributed by atoms with E-state index < -0.39 is 24.0 Å². The SMILES string of the molecule is O=C(Nc1cc(C(=O)NC(C(=O)O)C2CCC2)no1)OCC1c2ccccc2-c2ccccc21. The number of anilines is 1. The molecular weight excluding hydrogens is 438 g/mol. The van der Waals surface area contributed by atoms with Crippen LogP contribution in [0.15, 0.2) is 59.1 Å². The van der Waals surface area contributed by atoms with Gasteiger partial charge in [-0.3, -0.25) is 10.1 Å². The van der Waals surface area contributed by atoms with Crippen LogP contribution in [0.4, 0.5) is 10.7 Å². The van der Waals surface area contributed by atoms with E-state index in [9.17, 15) is 19.5 Å². The van der Waals surface area contributed by atoms with Gasteiger partial charge in [-0.2, -0.15) is 0 Å². The maximum Gasteiger partial charge on any atom is 0.414 e. The van der Waals surface area contributed by atoms with Crippen molar-refractivity contribution in [2.75, 3.05) is 11.9 Å². The lowest BCUT2D eigenvalue weighted by Gasteiger charge is -2.31. The first-order valence-electron chi connectivity index (χ1n) is 11.1. The Bertz CT molecular complexity index is 1200. The summed E-state index contributed by atoms with van der Waals surface area (Å²) < 4.78 is 10.5. The molecule has 2 aliphatic carbocycles. The molecule has 174 valence electrons. The lowest BCUT2D eigenvalue weighted by Crippen LogP contribution is -2.48. The molecule has 2 amide bonds. The van der Waals surface area contributed by atoms with E-state index in [0.717, 1.165) is 41.5 Å². The number of aliphatic carboxylic acids is 1. The van der Waals surface area contributed by atoms with E-state index in [4.69, 9.17) is 9.26 Å². The lowest BCUT2D eigenvalue weighted by atomic mass is 9.79. The summed E-state index contributed by atoms with van der Waals surface area (Å²) in [7, 11) is 0. The highest BCUT2D eigenvalue weighted by molar-refractivity contribution is 5.96. The number of carbonyl (C=O) groups is 3. The highest BCUT2D eigenvalue weighted by Crippen LogP contribution is 2.44. The van der Waals surface area contributed by atoms with E-state index in [0.29, 0.717) is 0 Å². The molecule has 0 spiro atoms. The van der Waals surface area contributed by atoms with Crippen LogP contribution < -0.4 is 10.6 Å². The lowest BCUT2D eigenvalue weighted by molar-refractivity contribution is -0.141. The fraction of sp³-hybridized carbons (Fsp3) is 0.280. The van der Waals surface area contributed by atoms with Crippen molar-refractivity contribution in [2.24, 2.45) is 5.92 Å². The molecule has 0 bridgehead atoms. The topological polar surface area (TPSA) is 131 Å². The summed E-state index contributed by atoms with van der Waals surface area (Å²) in [6.07, 6.45) is 1.71. The predicted molar refractivity (Wildman–Crippen MR) is 121 cm³/mol. The van der Waals surface area contributed by atoms with Crippen LogP contribution in [0, 0.1) is 5.92 Å². The Balaban J connectivity index is 1.19. The van der Waals surface area contributed by atoms with Gasteiger partial charge in [0, 0.05) is 12.0 Å². The van der Waals surface area contributed by atoms with E-state index in [1.54, 1.807) is 0 Å². The highest BCUT2D eigenvalue weighted by Gasteiger charge is 2.34. The van der Waals surface area contributed by atoms with Gasteiger partial charge < -0.3 is 19.7 Å². The molecule has 1 aromatic heterocycles. The molecule has 0 radical (unpaired) electrons. The Labute approximate surface area is 195 Å². The minimum Gasteiger partial charge on any atom is -0.480 e. The molecule has 5 rings (SSSR count). The maximum absolute atomic E-state index is 12.4. The van der Waals surface area contributed by atoms with Crippen molar-refractivity contribution < 1.29 is 28.8 Å². The van der Waals surface area contributed by atoms with Crippen LogP contribution in [-0.4, -0.2) is 40.9 Å². The zero-order chi connectivity index (χ0) is 23.7. The molecule has 1 heterocycles. The highest BCUT2D eigenvalue weighted by atomic mass is 16.6. The van der Waals surface area contributed by atoms with Gasteiger partial charge in [0.1, 0.15) is 12.6 Å². The Kier molecular flexibility index (Phi) is 5.75. The molecular formula is C25H23N3O6. The molecule has 2 aromatic carbocycles. The number of nitrogens with zero attached hydrogens (tertiary/aromatic N) is 1. The number of nitrogens with one attached hydrogen (secondary N) is 2. The van der Waals surface area contributed by atoms with E-state index in [-0.39, 0.29) is 30.0 Å². The number of hydrogen-bond acceptors (Lipinski definition) is 6. The molecule has 3 aromatic rings. The Morgan fingerprint density at radius 2 is 1.71 bits per heavy atom. The van der Waals surface area contributed by atoms with Crippen molar-refractivity contribution in [1.82, 2.24) is 10.5 Å². The number of fused-ring (bicyclic) bond motifs is 3. The van der Waals surface area contributed by atoms with Gasteiger partial charge in [-0.1, -0.05) is 60.1 Å². The second-order valence-electron chi connectivity index (χ2n) is 8.51. The van der Waals surface area contributed by atoms with E-state index in [1.807, 2.05) is 36.4 Å². The van der Waals surface area contributed by atoms with Crippen LogP contribution in [0.1, 0.15) is 46.8 Å². The van der Waals surface area contributed by atoms with Crippen LogP contribution >= 0.6 is 0 Å². The molecule has 0 saturated heterocycles. The molecule has 1 fully saturated rings. The first-order valence-corrected chi connectivity index (χ1v) is 11.1. The Morgan fingerprint density at radius 3 is 2.29 bits per heavy atom. The van der Waals surface area contributed by atoms with Crippen LogP contribution in [0.2, 0.25) is 0 Å². The third-order valence-corrected chi connectivity index (χ3v) is 6.49. The maximum atomic E-state index is 12.4. The van der Waals surface area contributed by atoms with Crippen LogP contribution in [-0.2, 0) is 9.53 Å². The van der Waals surface area contributed by atoms with Gasteiger partial charge in [0.15, 0.2) is 5.69 Å². The van der Waals surface area contributed by atoms with Gasteiger partial charge in [0.2, 0.25) is 5.88 Å². The molecule has 9 nitrogen and oxygen atoms in total. The summed E-state index contributed by atoms with van der Waals surface area (Å²) in [6.45, 7) is 0.128. The van der Waals surface area contributed by atoms with Crippen LogP contribution in [0.25, 0.3) is 11.1 Å². The van der Waals surface area contributed by atoms with Gasteiger partial charge in [-0.15, -0.1) is 0 Å². The smallest absolute Gasteiger partial charge is 0.414 e. The number of ether oxygens (including phenoxy) is 1. The summed E-state index contributed by atoms with van der Waals surface area (Å²) in [5, 5.41) is 17.9. The summed E-state index contributed by atoms with van der Waals surface area (Å²) in [6, 6.07) is 16.3. The molecule has 3 N–H and O–H groups in total. The third-order valence-electron chi connectivity index (χ3n) is 6.49. The zero-order valence-corrected chi connectivity index (χ0v) is 18.2. The molecule has 1 saturated carbocycles. The first kappa shape index (κ1) is 21.7. The van der Waals surface area contributed by atoms with Gasteiger partial charge in [0.05, 0.1) is 0 Å². The number of carboxylic acids is 1. The van der Waals surface area contributed by atoms with Crippen molar-refractivity contribution in [3.8, 4) is 11.1 Å². The number of carboxylic acid groups (broad SMARTS) is 1. The molecule has 1 unspecified atom stereocenters. The second kappa shape index (κ2) is 9.01. The van der Waals surface area contributed by atoms with Crippen molar-refractivity contribution in [2.45, 2.75) is 31.2 Å². The molecule has 0 aliphatic heterocycles. The van der Waals surface area contributed by atoms with Crippen molar-refractivity contribution >= 4 is 23.9 Å². The molecule has 2 aliphatic rings. The minimum atomic E-state index is -1.08. The quantitative estimate of drug-likeness (QED) is 0.484. The number of benzene rings is 2. The summed E-state index contributed by atoms with van der Waals surface area (Å²) in [4.78, 5) is 36.2. The van der Waals surface area contributed by atoms with E-state index >= 15 is 0 Å². The number of amides is 2. The number of carbonyl (C=O) groups excluding carboxylic acids is 2. The molecule has 1 atom stereocenters. The zero-order valence-electron chi connectivity index (χ0n) is 18.2. The summed E-state index contributed by atoms with van der Waals surface area (Å²) in [5.74, 6) is -2.01. The largest absolute Gasteiger partial charge is 0.480 e. The standard InChI is InChI=1S/C25H23N3O6/c29-23(27-22(24(30)31)14-6-5-7-14)20-12-21(34-28-20)26-25(32)33-13-19-17-10-3-1-8-15(17)16-9-2-4-11-18(16)19/h1-4,8-12,14,19,22H,5-7,13H2,(H,26,32)(H,27,29)(H,30,31). The number of hydrogen-bond donors (Lipinski definition) is 3. The van der Waals surface area contributed by atoms with Crippen LogP contribution in [0.3, 0.4) is 0 Å². The van der Waals surface area contributed by atoms with Crippen molar-refractivity contribution in [3.05, 3.63) is 71.4 Å². The van der Waals surface area contributed by atoms with E-state index in [2.05, 4.69) is 27.9 Å². The van der Waals surface area contributed by atoms with E-state index in [1.165, 1.54) is 6.07 Å². The van der Waals surface area contributed by atoms with Crippen LogP contribution in [0.5, 0.6) is 0 Å². The monoisotopic (exact) mass is 461 g/mol. The number of rotatable bonds is 7. The number of aromatic nitrogens is 1. The van der Waals surface area contributed by atoms with Gasteiger partial charge in [-0.25, -0.2) is 9.59 Å². The fourth-order valence-corrected chi connectivity index (χ4v) is 4.55. The molecule has 9 heteroatoms. The Hall–Kier alpha value is -4.14. The molecule has 34 heavy (non-hydrogen) atoms. The van der Waals surface area contributed by atoms with Gasteiger partial charge in [0.25, 0.3) is 5.91 Å². The normalized spacial score (nSPS) is 15.5. The fourth-order valence-electron chi connectivity index (χ4n) is 4.55. The van der Waals surface area contributed by atoms with Gasteiger partial charge in [-0.05, 0) is 41.0 Å². The van der Waals surface area contributed by atoms with Crippen molar-refractivity contribution in [1.29, 1.82) is 0 Å². The minimum absolute atomic E-state index is 0.0714. The summed E-state index contributed by atoms with van der Waals surface area (Å²) in [5.41, 5.74) is 4.31. The summed E-state index contributed by atoms with van der Waals surface area (Å²) >= 11 is 0. The third kappa shape index (κ3) is 4.12. The first-order chi connectivity index (χ1) is 16.5. The van der Waals surface area contributed by atoms with Crippen molar-refractivity contribution in [3.63, 3.8) is 0 Å². The van der Waals surface area contributed by atoms with Gasteiger partial charge >= 0.3 is 12.1 Å². The average Bonchev–Trinajstić information content (AvgIpc) is 3.39. The Morgan fingerprint density at radius 1 is 1.06 bits per heavy atom. The average molecular weight is 461 g/mol. The second-order valence-corrected chi connectivity index (χ2v) is 8.51.